The van der Waals surface area contributed by atoms with Gasteiger partial charge in [-0.05, 0) is 61.6 Å². The minimum Gasteiger partial charge on any atom is -0.494 e. The maximum atomic E-state index is 12.9. The smallest absolute Gasteiger partial charge is 0.416 e. The number of alkyl halides is 3. The molecule has 2 unspecified atom stereocenters. The van der Waals surface area contributed by atoms with E-state index >= 15 is 0 Å². The number of nitrogens with one attached hydrogen (secondary N) is 2. The second-order valence-electron chi connectivity index (χ2n) is 10.7. The number of hydrogen-bond acceptors (Lipinski definition) is 5. The Balaban J connectivity index is 1.20. The van der Waals surface area contributed by atoms with Crippen LogP contribution in [0, 0.1) is 0 Å². The zero-order valence-electron chi connectivity index (χ0n) is 23.5. The Morgan fingerprint density at radius 1 is 1.00 bits per heavy atom. The monoisotopic (exact) mass is 563 g/mol. The highest BCUT2D eigenvalue weighted by Crippen LogP contribution is 2.30. The van der Waals surface area contributed by atoms with Crippen LogP contribution in [-0.4, -0.2) is 48.3 Å². The van der Waals surface area contributed by atoms with Crippen LogP contribution in [-0.2, 0) is 17.4 Å². The Morgan fingerprint density at radius 3 is 2.33 bits per heavy atom. The van der Waals surface area contributed by atoms with Gasteiger partial charge in [-0.2, -0.15) is 13.2 Å². The van der Waals surface area contributed by atoms with Gasteiger partial charge in [0.05, 0.1) is 18.3 Å². The number of ether oxygens (including phenoxy) is 1. The first-order valence-electron chi connectivity index (χ1n) is 14.6. The van der Waals surface area contributed by atoms with Gasteiger partial charge in [-0.3, -0.25) is 10.2 Å². The molecular weight excluding hydrogens is 519 g/mol. The van der Waals surface area contributed by atoms with E-state index in [1.807, 2.05) is 36.2 Å². The first-order chi connectivity index (χ1) is 19.2. The molecule has 1 amide bonds. The lowest BCUT2D eigenvalue weighted by atomic mass is 10.0. The highest BCUT2D eigenvalue weighted by atomic mass is 19.4. The van der Waals surface area contributed by atoms with Gasteiger partial charge in [0, 0.05) is 32.1 Å². The maximum Gasteiger partial charge on any atom is 0.416 e. The fourth-order valence-corrected chi connectivity index (χ4v) is 4.85. The van der Waals surface area contributed by atoms with Gasteiger partial charge in [0.25, 0.3) is 0 Å². The molecule has 1 aliphatic rings. The van der Waals surface area contributed by atoms with Crippen molar-refractivity contribution >= 4 is 5.91 Å². The van der Waals surface area contributed by atoms with Crippen molar-refractivity contribution in [3.05, 3.63) is 65.2 Å². The van der Waals surface area contributed by atoms with Crippen LogP contribution in [0.4, 0.5) is 13.2 Å². The van der Waals surface area contributed by atoms with E-state index < -0.39 is 17.8 Å². The second kappa shape index (κ2) is 16.6. The van der Waals surface area contributed by atoms with Crippen LogP contribution in [0.3, 0.4) is 0 Å². The van der Waals surface area contributed by atoms with E-state index in [9.17, 15) is 23.1 Å². The van der Waals surface area contributed by atoms with Crippen LogP contribution in [0.1, 0.15) is 87.5 Å². The third-order valence-corrected chi connectivity index (χ3v) is 7.21. The van der Waals surface area contributed by atoms with E-state index in [0.717, 1.165) is 62.2 Å². The Kier molecular flexibility index (Phi) is 13.2. The molecule has 2 atom stereocenters. The van der Waals surface area contributed by atoms with E-state index in [2.05, 4.69) is 10.7 Å². The number of nitrogens with zero attached hydrogens (tertiary/aromatic N) is 1. The molecule has 2 aromatic rings. The SMILES string of the molecule is CC(Cc1ccc(OCCCCCCCCCCN2CCC(=O)N2)cc1)NCC(O)c1cccc(C(F)(F)F)c1. The summed E-state index contributed by atoms with van der Waals surface area (Å²) in [5.74, 6) is 0.981. The molecule has 3 rings (SSSR count). The molecule has 6 nitrogen and oxygen atoms in total. The van der Waals surface area contributed by atoms with E-state index in [4.69, 9.17) is 4.74 Å². The third-order valence-electron chi connectivity index (χ3n) is 7.21. The zero-order valence-corrected chi connectivity index (χ0v) is 23.5. The van der Waals surface area contributed by atoms with Crippen LogP contribution in [0.5, 0.6) is 5.75 Å². The van der Waals surface area contributed by atoms with Gasteiger partial charge in [0.2, 0.25) is 5.91 Å². The lowest BCUT2D eigenvalue weighted by Gasteiger charge is -2.18. The molecule has 0 saturated carbocycles. The second-order valence-corrected chi connectivity index (χ2v) is 10.7. The van der Waals surface area contributed by atoms with Gasteiger partial charge >= 0.3 is 6.18 Å². The lowest BCUT2D eigenvalue weighted by molar-refractivity contribution is -0.137. The number of amides is 1. The fraction of sp³-hybridized carbons (Fsp3) is 0.581. The number of unbranched alkanes of at least 4 members (excludes halogenated alkanes) is 7. The minimum absolute atomic E-state index is 0.0416. The van der Waals surface area contributed by atoms with Gasteiger partial charge in [-0.1, -0.05) is 62.8 Å². The summed E-state index contributed by atoms with van der Waals surface area (Å²) in [6.07, 6.45) is 5.41. The molecule has 0 radical (unpaired) electrons. The van der Waals surface area contributed by atoms with Gasteiger partial charge in [-0.15, -0.1) is 0 Å². The Hall–Kier alpha value is -2.62. The van der Waals surface area contributed by atoms with Crippen molar-refractivity contribution in [3.8, 4) is 5.75 Å². The maximum absolute atomic E-state index is 12.9. The number of carbonyl (C=O) groups is 1. The molecule has 1 heterocycles. The van der Waals surface area contributed by atoms with Gasteiger partial charge in [0.1, 0.15) is 5.75 Å². The van der Waals surface area contributed by atoms with Crippen molar-refractivity contribution in [3.63, 3.8) is 0 Å². The predicted molar refractivity (Wildman–Crippen MR) is 151 cm³/mol. The average molecular weight is 564 g/mol. The fourth-order valence-electron chi connectivity index (χ4n) is 4.85. The topological polar surface area (TPSA) is 73.8 Å². The van der Waals surface area contributed by atoms with Crippen LogP contribution < -0.4 is 15.5 Å². The Morgan fingerprint density at radius 2 is 1.68 bits per heavy atom. The third kappa shape index (κ3) is 11.9. The van der Waals surface area contributed by atoms with Gasteiger partial charge < -0.3 is 15.2 Å². The zero-order chi connectivity index (χ0) is 28.8. The number of aliphatic hydroxyl groups excluding tert-OH is 1. The number of aliphatic hydroxyl groups is 1. The predicted octanol–water partition coefficient (Wildman–Crippen LogP) is 6.20. The summed E-state index contributed by atoms with van der Waals surface area (Å²) in [5.41, 5.74) is 3.48. The summed E-state index contributed by atoms with van der Waals surface area (Å²) < 4.78 is 44.6. The highest BCUT2D eigenvalue weighted by Gasteiger charge is 2.30. The van der Waals surface area contributed by atoms with Crippen molar-refractivity contribution in [2.45, 2.75) is 89.5 Å². The lowest BCUT2D eigenvalue weighted by Crippen LogP contribution is -2.33. The van der Waals surface area contributed by atoms with Crippen molar-refractivity contribution < 1.29 is 27.8 Å². The van der Waals surface area contributed by atoms with Crippen LogP contribution in [0.15, 0.2) is 48.5 Å². The van der Waals surface area contributed by atoms with Gasteiger partial charge in [0.15, 0.2) is 0 Å². The molecule has 9 heteroatoms. The number of rotatable bonds is 18. The number of hydrogen-bond donors (Lipinski definition) is 3. The van der Waals surface area contributed by atoms with E-state index in [1.165, 1.54) is 44.2 Å². The van der Waals surface area contributed by atoms with Crippen molar-refractivity contribution in [1.29, 1.82) is 0 Å². The Labute approximate surface area is 236 Å². The molecule has 0 aliphatic carbocycles. The van der Waals surface area contributed by atoms with E-state index in [0.29, 0.717) is 13.0 Å². The molecule has 1 aliphatic heterocycles. The summed E-state index contributed by atoms with van der Waals surface area (Å²) in [6.45, 7) is 4.65. The van der Waals surface area contributed by atoms with Gasteiger partial charge in [-0.25, -0.2) is 5.01 Å². The molecule has 3 N–H and O–H groups in total. The summed E-state index contributed by atoms with van der Waals surface area (Å²) in [7, 11) is 0. The van der Waals surface area contributed by atoms with Crippen molar-refractivity contribution in [2.75, 3.05) is 26.2 Å². The largest absolute Gasteiger partial charge is 0.494 e. The summed E-state index contributed by atoms with van der Waals surface area (Å²) in [4.78, 5) is 11.2. The first-order valence-corrected chi connectivity index (χ1v) is 14.6. The van der Waals surface area contributed by atoms with E-state index in [1.54, 1.807) is 0 Å². The van der Waals surface area contributed by atoms with Crippen molar-refractivity contribution in [1.82, 2.24) is 15.8 Å². The van der Waals surface area contributed by atoms with Crippen LogP contribution in [0.2, 0.25) is 0 Å². The molecule has 1 saturated heterocycles. The Bertz CT molecular complexity index is 1020. The molecular formula is C31H44F3N3O3. The first kappa shape index (κ1) is 31.9. The van der Waals surface area contributed by atoms with E-state index in [-0.39, 0.29) is 24.1 Å². The molecule has 0 bridgehead atoms. The minimum atomic E-state index is -4.43. The summed E-state index contributed by atoms with van der Waals surface area (Å²) >= 11 is 0. The van der Waals surface area contributed by atoms with Crippen LogP contribution >= 0.6 is 0 Å². The molecule has 2 aromatic carbocycles. The highest BCUT2D eigenvalue weighted by molar-refractivity contribution is 5.77. The molecule has 40 heavy (non-hydrogen) atoms. The summed E-state index contributed by atoms with van der Waals surface area (Å²) in [5, 5.41) is 15.6. The molecule has 0 aromatic heterocycles. The number of carbonyl (C=O) groups excluding carboxylic acids is 1. The quantitative estimate of drug-likeness (QED) is 0.189. The molecule has 0 spiro atoms. The van der Waals surface area contributed by atoms with Crippen molar-refractivity contribution in [2.24, 2.45) is 0 Å². The average Bonchev–Trinajstić information content (AvgIpc) is 3.35. The number of benzene rings is 2. The van der Waals surface area contributed by atoms with Crippen LogP contribution in [0.25, 0.3) is 0 Å². The standard InChI is InChI=1S/C31H44F3N3O3/c1-24(35-23-29(38)26-11-10-12-27(22-26)31(32,33)34)21-25-13-15-28(16-14-25)40-20-9-7-5-3-2-4-6-8-18-37-19-17-30(39)36-37/h10-16,22,24,29,35,38H,2-9,17-21,23H2,1H3,(H,36,39). The molecule has 1 fully saturated rings. The molecule has 222 valence electrons. The number of halogens is 3. The number of hydrazine groups is 1. The summed E-state index contributed by atoms with van der Waals surface area (Å²) in [6, 6.07) is 12.8. The normalized spacial score (nSPS) is 15.7.